The SMILES string of the molecule is CC(C)(C)c1ccc(Oc2ccc(S(=O)(=O)c3ccc(-c4ccc(S(C)(=O)=O)cc4)cc3)cc2)cc1. The van der Waals surface area contributed by atoms with E-state index in [1.165, 1.54) is 29.8 Å². The molecule has 0 spiro atoms. The largest absolute Gasteiger partial charge is 0.457 e. The first kappa shape index (κ1) is 25.7. The molecule has 0 amide bonds. The monoisotopic (exact) mass is 520 g/mol. The van der Waals surface area contributed by atoms with Crippen LogP contribution in [-0.4, -0.2) is 23.1 Å². The van der Waals surface area contributed by atoms with Crippen molar-refractivity contribution in [2.24, 2.45) is 0 Å². The number of hydrogen-bond donors (Lipinski definition) is 0. The summed E-state index contributed by atoms with van der Waals surface area (Å²) >= 11 is 0. The second-order valence-electron chi connectivity index (χ2n) is 9.67. The van der Waals surface area contributed by atoms with Crippen LogP contribution in [0.2, 0.25) is 0 Å². The maximum atomic E-state index is 13.1. The number of rotatable bonds is 6. The van der Waals surface area contributed by atoms with Crippen molar-refractivity contribution in [3.05, 3.63) is 103 Å². The van der Waals surface area contributed by atoms with Gasteiger partial charge in [0.2, 0.25) is 9.84 Å². The Morgan fingerprint density at radius 2 is 0.889 bits per heavy atom. The highest BCUT2D eigenvalue weighted by atomic mass is 32.2. The Labute approximate surface area is 213 Å². The van der Waals surface area contributed by atoms with Crippen LogP contribution in [0.1, 0.15) is 26.3 Å². The Hall–Kier alpha value is -3.42. The summed E-state index contributed by atoms with van der Waals surface area (Å²) in [4.78, 5) is 0.577. The van der Waals surface area contributed by atoms with Crippen LogP contribution in [0.25, 0.3) is 11.1 Å². The number of benzene rings is 4. The van der Waals surface area contributed by atoms with Crippen LogP contribution in [0.4, 0.5) is 0 Å². The zero-order valence-electron chi connectivity index (χ0n) is 20.6. The molecule has 0 atom stereocenters. The highest BCUT2D eigenvalue weighted by Crippen LogP contribution is 2.30. The zero-order chi connectivity index (χ0) is 26.1. The van der Waals surface area contributed by atoms with Gasteiger partial charge in [0.1, 0.15) is 11.5 Å². The molecule has 0 saturated carbocycles. The predicted molar refractivity (Wildman–Crippen MR) is 142 cm³/mol. The second-order valence-corrected chi connectivity index (χ2v) is 13.6. The third-order valence-corrected chi connectivity index (χ3v) is 8.78. The molecular formula is C29H28O5S2. The van der Waals surface area contributed by atoms with Gasteiger partial charge < -0.3 is 4.74 Å². The third kappa shape index (κ3) is 5.69. The van der Waals surface area contributed by atoms with Gasteiger partial charge in [-0.1, -0.05) is 57.2 Å². The number of hydrogen-bond acceptors (Lipinski definition) is 5. The Kier molecular flexibility index (Phi) is 6.82. The first-order valence-corrected chi connectivity index (χ1v) is 14.8. The average Bonchev–Trinajstić information content (AvgIpc) is 2.84. The van der Waals surface area contributed by atoms with Crippen molar-refractivity contribution in [1.82, 2.24) is 0 Å². The van der Waals surface area contributed by atoms with Gasteiger partial charge in [-0.3, -0.25) is 0 Å². The van der Waals surface area contributed by atoms with Gasteiger partial charge in [0, 0.05) is 6.26 Å². The van der Waals surface area contributed by atoms with E-state index in [0.717, 1.165) is 17.4 Å². The van der Waals surface area contributed by atoms with Gasteiger partial charge >= 0.3 is 0 Å². The van der Waals surface area contributed by atoms with E-state index in [9.17, 15) is 16.8 Å². The van der Waals surface area contributed by atoms with Crippen LogP contribution in [-0.2, 0) is 25.1 Å². The van der Waals surface area contributed by atoms with Crippen molar-refractivity contribution in [3.8, 4) is 22.6 Å². The summed E-state index contributed by atoms with van der Waals surface area (Å²) in [5, 5.41) is 0. The fourth-order valence-electron chi connectivity index (χ4n) is 3.70. The lowest BCUT2D eigenvalue weighted by atomic mass is 9.87. The molecule has 186 valence electrons. The lowest BCUT2D eigenvalue weighted by Crippen LogP contribution is -2.10. The molecular weight excluding hydrogens is 492 g/mol. The minimum atomic E-state index is -3.71. The molecule has 0 radical (unpaired) electrons. The van der Waals surface area contributed by atoms with Crippen LogP contribution in [0.15, 0.2) is 112 Å². The van der Waals surface area contributed by atoms with E-state index < -0.39 is 19.7 Å². The molecule has 4 rings (SSSR count). The lowest BCUT2D eigenvalue weighted by Gasteiger charge is -2.19. The predicted octanol–water partition coefficient (Wildman–Crippen LogP) is 6.68. The van der Waals surface area contributed by atoms with Gasteiger partial charge in [-0.15, -0.1) is 0 Å². The molecule has 0 aliphatic rings. The highest BCUT2D eigenvalue weighted by Gasteiger charge is 2.18. The molecule has 0 aromatic heterocycles. The van der Waals surface area contributed by atoms with Crippen molar-refractivity contribution >= 4 is 19.7 Å². The Morgan fingerprint density at radius 1 is 0.528 bits per heavy atom. The van der Waals surface area contributed by atoms with Gasteiger partial charge in [-0.05, 0) is 82.8 Å². The quantitative estimate of drug-likeness (QED) is 0.283. The Morgan fingerprint density at radius 3 is 1.28 bits per heavy atom. The zero-order valence-corrected chi connectivity index (χ0v) is 22.2. The fourth-order valence-corrected chi connectivity index (χ4v) is 5.59. The molecule has 0 bridgehead atoms. The van der Waals surface area contributed by atoms with Gasteiger partial charge in [-0.25, -0.2) is 16.8 Å². The van der Waals surface area contributed by atoms with Gasteiger partial charge in [0.15, 0.2) is 9.84 Å². The van der Waals surface area contributed by atoms with Crippen molar-refractivity contribution in [1.29, 1.82) is 0 Å². The molecule has 4 aromatic rings. The summed E-state index contributed by atoms with van der Waals surface area (Å²) in [6.45, 7) is 6.44. The van der Waals surface area contributed by atoms with E-state index >= 15 is 0 Å². The fraction of sp³-hybridized carbons (Fsp3) is 0.172. The summed E-state index contributed by atoms with van der Waals surface area (Å²) in [7, 11) is -6.99. The van der Waals surface area contributed by atoms with E-state index in [0.29, 0.717) is 11.5 Å². The Balaban J connectivity index is 1.49. The molecule has 4 aromatic carbocycles. The first-order valence-electron chi connectivity index (χ1n) is 11.4. The van der Waals surface area contributed by atoms with Crippen molar-refractivity contribution in [3.63, 3.8) is 0 Å². The molecule has 0 aliphatic carbocycles. The van der Waals surface area contributed by atoms with Crippen molar-refractivity contribution < 1.29 is 21.6 Å². The molecule has 0 aliphatic heterocycles. The van der Waals surface area contributed by atoms with Crippen LogP contribution >= 0.6 is 0 Å². The standard InChI is InChI=1S/C29H28O5S2/c1-29(2,3)23-9-11-24(12-10-23)34-25-13-19-28(20-14-25)36(32,33)27-17-7-22(8-18-27)21-5-15-26(16-6-21)35(4,30)31/h5-20H,1-4H3. The molecule has 0 unspecified atom stereocenters. The molecule has 7 heteroatoms. The summed E-state index contributed by atoms with van der Waals surface area (Å²) < 4.78 is 55.4. The Bertz CT molecular complexity index is 1560. The van der Waals surface area contributed by atoms with E-state index in [4.69, 9.17) is 4.74 Å². The molecule has 0 N–H and O–H groups in total. The summed E-state index contributed by atoms with van der Waals surface area (Å²) in [5.74, 6) is 1.23. The van der Waals surface area contributed by atoms with Gasteiger partial charge in [0.25, 0.3) is 0 Å². The van der Waals surface area contributed by atoms with Crippen molar-refractivity contribution in [2.45, 2.75) is 40.9 Å². The van der Waals surface area contributed by atoms with E-state index in [1.807, 2.05) is 24.3 Å². The van der Waals surface area contributed by atoms with E-state index in [2.05, 4.69) is 20.8 Å². The minimum Gasteiger partial charge on any atom is -0.457 e. The maximum absolute atomic E-state index is 13.1. The molecule has 5 nitrogen and oxygen atoms in total. The maximum Gasteiger partial charge on any atom is 0.206 e. The van der Waals surface area contributed by atoms with Gasteiger partial charge in [-0.2, -0.15) is 0 Å². The first-order chi connectivity index (χ1) is 16.8. The molecule has 0 saturated heterocycles. The summed E-state index contributed by atoms with van der Waals surface area (Å²) in [6.07, 6.45) is 1.16. The van der Waals surface area contributed by atoms with E-state index in [-0.39, 0.29) is 20.1 Å². The van der Waals surface area contributed by atoms with Gasteiger partial charge in [0.05, 0.1) is 14.7 Å². The van der Waals surface area contributed by atoms with Crippen LogP contribution in [0, 0.1) is 0 Å². The summed E-state index contributed by atoms with van der Waals surface area (Å²) in [5.41, 5.74) is 2.84. The lowest BCUT2D eigenvalue weighted by molar-refractivity contribution is 0.481. The number of sulfone groups is 2. The van der Waals surface area contributed by atoms with E-state index in [1.54, 1.807) is 48.5 Å². The molecule has 0 fully saturated rings. The second kappa shape index (κ2) is 9.56. The average molecular weight is 521 g/mol. The number of ether oxygens (including phenoxy) is 1. The molecule has 0 heterocycles. The highest BCUT2D eigenvalue weighted by molar-refractivity contribution is 7.91. The van der Waals surface area contributed by atoms with Crippen LogP contribution in [0.3, 0.4) is 0 Å². The van der Waals surface area contributed by atoms with Crippen molar-refractivity contribution in [2.75, 3.05) is 6.26 Å². The normalized spacial score (nSPS) is 12.3. The summed E-state index contributed by atoms with van der Waals surface area (Å²) in [6, 6.07) is 27.2. The third-order valence-electron chi connectivity index (χ3n) is 5.87. The van der Waals surface area contributed by atoms with Crippen LogP contribution in [0.5, 0.6) is 11.5 Å². The molecule has 36 heavy (non-hydrogen) atoms. The smallest absolute Gasteiger partial charge is 0.206 e. The van der Waals surface area contributed by atoms with Crippen LogP contribution < -0.4 is 4.74 Å². The minimum absolute atomic E-state index is 0.0512. The topological polar surface area (TPSA) is 77.5 Å².